The van der Waals surface area contributed by atoms with E-state index in [0.29, 0.717) is 29.6 Å². The van der Waals surface area contributed by atoms with Gasteiger partial charge in [0.05, 0.1) is 10.6 Å². The Morgan fingerprint density at radius 2 is 2.08 bits per heavy atom. The standard InChI is InChI=1S/C17H16ClN3O2S/c1-11-14(21-16(23-11)15-3-2-10-24-15)8-9-19-17(22)20-13-6-4-12(18)5-7-13/h2-7,10H,8-9H2,1H3,(H2,19,20,22). The summed E-state index contributed by atoms with van der Waals surface area (Å²) in [6.45, 7) is 2.35. The highest BCUT2D eigenvalue weighted by Gasteiger charge is 2.12. The van der Waals surface area contributed by atoms with Gasteiger partial charge in [-0.25, -0.2) is 9.78 Å². The number of hydrogen-bond donors (Lipinski definition) is 2. The lowest BCUT2D eigenvalue weighted by Gasteiger charge is -2.07. The molecule has 0 spiro atoms. The van der Waals surface area contributed by atoms with Gasteiger partial charge in [-0.15, -0.1) is 11.3 Å². The Morgan fingerprint density at radius 1 is 1.29 bits per heavy atom. The smallest absolute Gasteiger partial charge is 0.319 e. The van der Waals surface area contributed by atoms with Gasteiger partial charge in [0.1, 0.15) is 5.76 Å². The SMILES string of the molecule is Cc1oc(-c2cccs2)nc1CCNC(=O)Nc1ccc(Cl)cc1. The number of anilines is 1. The van der Waals surface area contributed by atoms with E-state index in [1.807, 2.05) is 24.4 Å². The van der Waals surface area contributed by atoms with Gasteiger partial charge in [0, 0.05) is 23.7 Å². The molecule has 0 bridgehead atoms. The second kappa shape index (κ2) is 7.51. The maximum atomic E-state index is 11.9. The molecule has 2 N–H and O–H groups in total. The molecule has 0 aliphatic heterocycles. The molecule has 2 heterocycles. The number of oxazole rings is 1. The van der Waals surface area contributed by atoms with Crippen LogP contribution in [0.1, 0.15) is 11.5 Å². The van der Waals surface area contributed by atoms with Crippen LogP contribution in [0.4, 0.5) is 10.5 Å². The summed E-state index contributed by atoms with van der Waals surface area (Å²) in [6, 6.07) is 10.6. The minimum atomic E-state index is -0.267. The number of rotatable bonds is 5. The van der Waals surface area contributed by atoms with Gasteiger partial charge in [-0.3, -0.25) is 0 Å². The van der Waals surface area contributed by atoms with E-state index < -0.39 is 0 Å². The van der Waals surface area contributed by atoms with E-state index in [1.165, 1.54) is 0 Å². The molecule has 1 aromatic carbocycles. The third kappa shape index (κ3) is 4.15. The average Bonchev–Trinajstić information content (AvgIpc) is 3.20. The van der Waals surface area contributed by atoms with E-state index >= 15 is 0 Å². The summed E-state index contributed by atoms with van der Waals surface area (Å²) in [6.07, 6.45) is 0.606. The topological polar surface area (TPSA) is 67.2 Å². The van der Waals surface area contributed by atoms with E-state index in [0.717, 1.165) is 16.3 Å². The van der Waals surface area contributed by atoms with Crippen molar-refractivity contribution < 1.29 is 9.21 Å². The van der Waals surface area contributed by atoms with Crippen LogP contribution in [0.5, 0.6) is 0 Å². The number of carbonyl (C=O) groups is 1. The normalized spacial score (nSPS) is 10.6. The van der Waals surface area contributed by atoms with Gasteiger partial charge in [-0.05, 0) is 42.6 Å². The van der Waals surface area contributed by atoms with Gasteiger partial charge in [0.25, 0.3) is 0 Å². The molecule has 5 nitrogen and oxygen atoms in total. The van der Waals surface area contributed by atoms with E-state index in [-0.39, 0.29) is 6.03 Å². The van der Waals surface area contributed by atoms with E-state index in [4.69, 9.17) is 16.0 Å². The van der Waals surface area contributed by atoms with Crippen molar-refractivity contribution >= 4 is 34.7 Å². The molecule has 2 amide bonds. The number of urea groups is 1. The highest BCUT2D eigenvalue weighted by molar-refractivity contribution is 7.13. The molecule has 3 aromatic rings. The molecule has 0 unspecified atom stereocenters. The van der Waals surface area contributed by atoms with Crippen LogP contribution in [-0.4, -0.2) is 17.6 Å². The number of nitrogens with one attached hydrogen (secondary N) is 2. The third-order valence-corrected chi connectivity index (χ3v) is 4.48. The third-order valence-electron chi connectivity index (χ3n) is 3.37. The summed E-state index contributed by atoms with van der Waals surface area (Å²) in [5.41, 5.74) is 1.54. The Hall–Kier alpha value is -2.31. The minimum absolute atomic E-state index is 0.267. The Bertz CT molecular complexity index is 813. The summed E-state index contributed by atoms with van der Waals surface area (Å²) in [5, 5.41) is 8.16. The molecule has 24 heavy (non-hydrogen) atoms. The molecule has 0 atom stereocenters. The molecular weight excluding hydrogens is 346 g/mol. The van der Waals surface area contributed by atoms with Crippen LogP contribution in [0.2, 0.25) is 5.02 Å². The van der Waals surface area contributed by atoms with Gasteiger partial charge in [0.2, 0.25) is 5.89 Å². The van der Waals surface area contributed by atoms with Crippen LogP contribution in [0.25, 0.3) is 10.8 Å². The largest absolute Gasteiger partial charge is 0.440 e. The fourth-order valence-electron chi connectivity index (χ4n) is 2.17. The number of amides is 2. The molecule has 0 saturated heterocycles. The zero-order valence-electron chi connectivity index (χ0n) is 13.0. The van der Waals surface area contributed by atoms with Crippen LogP contribution in [0.3, 0.4) is 0 Å². The number of halogens is 1. The summed E-state index contributed by atoms with van der Waals surface area (Å²) in [4.78, 5) is 17.4. The lowest BCUT2D eigenvalue weighted by Crippen LogP contribution is -2.30. The number of benzene rings is 1. The molecule has 0 fully saturated rings. The monoisotopic (exact) mass is 361 g/mol. The summed E-state index contributed by atoms with van der Waals surface area (Å²) in [7, 11) is 0. The van der Waals surface area contributed by atoms with Crippen molar-refractivity contribution in [2.45, 2.75) is 13.3 Å². The first kappa shape index (κ1) is 16.5. The maximum Gasteiger partial charge on any atom is 0.319 e. The molecule has 0 saturated carbocycles. The number of aryl methyl sites for hydroxylation is 1. The Balaban J connectivity index is 1.51. The van der Waals surface area contributed by atoms with Crippen molar-refractivity contribution in [1.29, 1.82) is 0 Å². The van der Waals surface area contributed by atoms with Gasteiger partial charge >= 0.3 is 6.03 Å². The van der Waals surface area contributed by atoms with Gasteiger partial charge in [-0.2, -0.15) is 0 Å². The molecule has 0 radical (unpaired) electrons. The molecule has 0 aliphatic rings. The van der Waals surface area contributed by atoms with Gasteiger partial charge in [-0.1, -0.05) is 17.7 Å². The first-order valence-electron chi connectivity index (χ1n) is 7.42. The second-order valence-corrected chi connectivity index (χ2v) is 6.52. The summed E-state index contributed by atoms with van der Waals surface area (Å²) >= 11 is 7.39. The zero-order valence-corrected chi connectivity index (χ0v) is 14.6. The van der Waals surface area contributed by atoms with Crippen LogP contribution < -0.4 is 10.6 Å². The van der Waals surface area contributed by atoms with E-state index in [1.54, 1.807) is 35.6 Å². The highest BCUT2D eigenvalue weighted by Crippen LogP contribution is 2.25. The lowest BCUT2D eigenvalue weighted by molar-refractivity contribution is 0.252. The number of hydrogen-bond acceptors (Lipinski definition) is 4. The van der Waals surface area contributed by atoms with Crippen molar-refractivity contribution in [3.8, 4) is 10.8 Å². The van der Waals surface area contributed by atoms with Crippen LogP contribution >= 0.6 is 22.9 Å². The van der Waals surface area contributed by atoms with Crippen LogP contribution in [-0.2, 0) is 6.42 Å². The number of thiophene rings is 1. The van der Waals surface area contributed by atoms with E-state index in [9.17, 15) is 4.79 Å². The number of carbonyl (C=O) groups excluding carboxylic acids is 1. The van der Waals surface area contributed by atoms with Crippen LogP contribution in [0.15, 0.2) is 46.2 Å². The number of aromatic nitrogens is 1. The van der Waals surface area contributed by atoms with Crippen molar-refractivity contribution in [2.24, 2.45) is 0 Å². The van der Waals surface area contributed by atoms with Gasteiger partial charge in [0.15, 0.2) is 0 Å². The molecule has 7 heteroatoms. The molecule has 2 aromatic heterocycles. The number of nitrogens with zero attached hydrogens (tertiary/aromatic N) is 1. The van der Waals surface area contributed by atoms with Crippen molar-refractivity contribution in [2.75, 3.05) is 11.9 Å². The maximum absolute atomic E-state index is 11.9. The summed E-state index contributed by atoms with van der Waals surface area (Å²) < 4.78 is 5.68. The van der Waals surface area contributed by atoms with Crippen molar-refractivity contribution in [1.82, 2.24) is 10.3 Å². The second-order valence-electron chi connectivity index (χ2n) is 5.14. The quantitative estimate of drug-likeness (QED) is 0.690. The Kier molecular flexibility index (Phi) is 5.17. The highest BCUT2D eigenvalue weighted by atomic mass is 35.5. The fraction of sp³-hybridized carbons (Fsp3) is 0.176. The first-order chi connectivity index (χ1) is 11.6. The fourth-order valence-corrected chi connectivity index (χ4v) is 2.94. The van der Waals surface area contributed by atoms with E-state index in [2.05, 4.69) is 15.6 Å². The lowest BCUT2D eigenvalue weighted by atomic mass is 10.3. The van der Waals surface area contributed by atoms with Crippen molar-refractivity contribution in [3.05, 3.63) is 58.3 Å². The zero-order chi connectivity index (χ0) is 16.9. The van der Waals surface area contributed by atoms with Crippen molar-refractivity contribution in [3.63, 3.8) is 0 Å². The Morgan fingerprint density at radius 3 is 2.79 bits per heavy atom. The summed E-state index contributed by atoms with van der Waals surface area (Å²) in [5.74, 6) is 1.40. The average molecular weight is 362 g/mol. The predicted molar refractivity (Wildman–Crippen MR) is 96.7 cm³/mol. The van der Waals surface area contributed by atoms with Gasteiger partial charge < -0.3 is 15.1 Å². The molecule has 3 rings (SSSR count). The predicted octanol–water partition coefficient (Wildman–Crippen LogP) is 4.73. The first-order valence-corrected chi connectivity index (χ1v) is 8.68. The molecule has 0 aliphatic carbocycles. The van der Waals surface area contributed by atoms with Crippen LogP contribution in [0, 0.1) is 6.92 Å². The Labute approximate surface area is 148 Å². The molecule has 124 valence electrons. The minimum Gasteiger partial charge on any atom is -0.440 e. The molecular formula is C17H16ClN3O2S.